The predicted molar refractivity (Wildman–Crippen MR) is 69.4 cm³/mol. The third-order valence-corrected chi connectivity index (χ3v) is 4.40. The first-order valence-electron chi connectivity index (χ1n) is 5.63. The van der Waals surface area contributed by atoms with Crippen LogP contribution in [0.2, 0.25) is 0 Å². The quantitative estimate of drug-likeness (QED) is 0.682. The van der Waals surface area contributed by atoms with E-state index in [1.54, 1.807) is 0 Å². The van der Waals surface area contributed by atoms with Crippen LogP contribution in [0.5, 0.6) is 0 Å². The third kappa shape index (κ3) is 2.03. The molecule has 86 valence electrons. The van der Waals surface area contributed by atoms with E-state index >= 15 is 0 Å². The summed E-state index contributed by atoms with van der Waals surface area (Å²) >= 11 is 1.92. The lowest BCUT2D eigenvalue weighted by molar-refractivity contribution is 0.112. The minimum absolute atomic E-state index is 0.156. The summed E-state index contributed by atoms with van der Waals surface area (Å²) in [7, 11) is 0. The van der Waals surface area contributed by atoms with E-state index in [0.29, 0.717) is 0 Å². The van der Waals surface area contributed by atoms with Crippen molar-refractivity contribution in [3.8, 4) is 0 Å². The van der Waals surface area contributed by atoms with Crippen molar-refractivity contribution in [2.45, 2.75) is 49.2 Å². The van der Waals surface area contributed by atoms with Crippen LogP contribution in [0.4, 0.5) is 0 Å². The summed E-state index contributed by atoms with van der Waals surface area (Å²) < 4.78 is 0.277. The van der Waals surface area contributed by atoms with Crippen molar-refractivity contribution in [2.24, 2.45) is 0 Å². The number of thioether (sulfide) groups is 1. The Labute approximate surface area is 102 Å². The van der Waals surface area contributed by atoms with Gasteiger partial charge in [0.25, 0.3) is 0 Å². The second-order valence-corrected chi connectivity index (χ2v) is 7.54. The monoisotopic (exact) mass is 234 g/mol. The van der Waals surface area contributed by atoms with Crippen molar-refractivity contribution >= 4 is 18.0 Å². The van der Waals surface area contributed by atoms with E-state index in [9.17, 15) is 4.79 Å². The lowest BCUT2D eigenvalue weighted by Gasteiger charge is -2.41. The van der Waals surface area contributed by atoms with Gasteiger partial charge in [0.15, 0.2) is 0 Å². The number of benzene rings is 1. The van der Waals surface area contributed by atoms with E-state index in [1.165, 1.54) is 10.5 Å². The Morgan fingerprint density at radius 1 is 1.25 bits per heavy atom. The van der Waals surface area contributed by atoms with Gasteiger partial charge < -0.3 is 0 Å². The molecule has 1 aliphatic rings. The third-order valence-electron chi connectivity index (χ3n) is 3.12. The van der Waals surface area contributed by atoms with Gasteiger partial charge in [-0.15, -0.1) is 11.8 Å². The van der Waals surface area contributed by atoms with Crippen molar-refractivity contribution in [2.75, 3.05) is 0 Å². The molecule has 2 rings (SSSR count). The van der Waals surface area contributed by atoms with E-state index < -0.39 is 0 Å². The van der Waals surface area contributed by atoms with E-state index in [-0.39, 0.29) is 10.2 Å². The lowest BCUT2D eigenvalue weighted by Crippen LogP contribution is -2.33. The molecule has 1 aromatic rings. The predicted octanol–water partition coefficient (Wildman–Crippen LogP) is 4.05. The van der Waals surface area contributed by atoms with Gasteiger partial charge in [-0.1, -0.05) is 33.8 Å². The Morgan fingerprint density at radius 2 is 1.94 bits per heavy atom. The first kappa shape index (κ1) is 11.7. The molecule has 0 unspecified atom stereocenters. The van der Waals surface area contributed by atoms with Crippen LogP contribution < -0.4 is 0 Å². The summed E-state index contributed by atoms with van der Waals surface area (Å²) in [5, 5.41) is 0. The molecule has 1 heterocycles. The van der Waals surface area contributed by atoms with Crippen LogP contribution in [0.25, 0.3) is 0 Å². The van der Waals surface area contributed by atoms with Gasteiger partial charge in [0, 0.05) is 15.2 Å². The molecule has 0 atom stereocenters. The maximum absolute atomic E-state index is 10.8. The number of rotatable bonds is 1. The van der Waals surface area contributed by atoms with Crippen molar-refractivity contribution in [1.82, 2.24) is 0 Å². The molecular formula is C14H18OS. The first-order chi connectivity index (χ1) is 7.34. The summed E-state index contributed by atoms with van der Waals surface area (Å²) in [6.07, 6.45) is 2.07. The molecule has 2 heteroatoms. The largest absolute Gasteiger partial charge is 0.298 e. The second-order valence-electron chi connectivity index (χ2n) is 5.80. The Kier molecular flexibility index (Phi) is 2.66. The van der Waals surface area contributed by atoms with Gasteiger partial charge in [-0.3, -0.25) is 4.79 Å². The summed E-state index contributed by atoms with van der Waals surface area (Å²) in [4.78, 5) is 12.1. The van der Waals surface area contributed by atoms with Gasteiger partial charge >= 0.3 is 0 Å². The number of hydrogen-bond donors (Lipinski definition) is 0. The van der Waals surface area contributed by atoms with Crippen LogP contribution in [0, 0.1) is 0 Å². The van der Waals surface area contributed by atoms with Gasteiger partial charge in [-0.05, 0) is 29.5 Å². The fraction of sp³-hybridized carbons (Fsp3) is 0.500. The van der Waals surface area contributed by atoms with E-state index in [0.717, 1.165) is 18.3 Å². The minimum atomic E-state index is 0.156. The maximum atomic E-state index is 10.8. The number of fused-ring (bicyclic) bond motifs is 1. The fourth-order valence-corrected chi connectivity index (χ4v) is 4.34. The second kappa shape index (κ2) is 3.63. The van der Waals surface area contributed by atoms with E-state index in [4.69, 9.17) is 0 Å². The highest BCUT2D eigenvalue weighted by Crippen LogP contribution is 2.50. The Balaban J connectivity index is 2.55. The molecule has 0 saturated carbocycles. The standard InChI is InChI=1S/C14H18OS/c1-13(2)9-14(3,4)16-12-6-5-10(8-15)7-11(12)13/h5-8H,9H2,1-4H3. The zero-order valence-electron chi connectivity index (χ0n) is 10.3. The number of carbonyl (C=O) groups excluding carboxylic acids is 1. The Hall–Kier alpha value is -0.760. The first-order valence-corrected chi connectivity index (χ1v) is 6.44. The van der Waals surface area contributed by atoms with Gasteiger partial charge in [0.05, 0.1) is 0 Å². The zero-order valence-corrected chi connectivity index (χ0v) is 11.1. The summed E-state index contributed by atoms with van der Waals surface area (Å²) in [6.45, 7) is 9.11. The number of hydrogen-bond acceptors (Lipinski definition) is 2. The highest BCUT2D eigenvalue weighted by molar-refractivity contribution is 8.00. The molecule has 1 aromatic carbocycles. The van der Waals surface area contributed by atoms with Crippen LogP contribution in [-0.4, -0.2) is 11.0 Å². The maximum Gasteiger partial charge on any atom is 0.150 e. The Morgan fingerprint density at radius 3 is 2.56 bits per heavy atom. The van der Waals surface area contributed by atoms with Crippen molar-refractivity contribution in [3.63, 3.8) is 0 Å². The summed E-state index contributed by atoms with van der Waals surface area (Å²) in [5.74, 6) is 0. The highest BCUT2D eigenvalue weighted by Gasteiger charge is 2.37. The van der Waals surface area contributed by atoms with Gasteiger partial charge in [0.1, 0.15) is 6.29 Å². The molecule has 1 aliphatic heterocycles. The SMILES string of the molecule is CC1(C)CC(C)(C)c2cc(C=O)ccc2S1. The lowest BCUT2D eigenvalue weighted by atomic mass is 9.76. The van der Waals surface area contributed by atoms with E-state index in [2.05, 4.69) is 33.8 Å². The van der Waals surface area contributed by atoms with Crippen LogP contribution in [0.3, 0.4) is 0 Å². The van der Waals surface area contributed by atoms with Crippen molar-refractivity contribution in [1.29, 1.82) is 0 Å². The van der Waals surface area contributed by atoms with Gasteiger partial charge in [-0.2, -0.15) is 0 Å². The molecule has 1 nitrogen and oxygen atoms in total. The topological polar surface area (TPSA) is 17.1 Å². The van der Waals surface area contributed by atoms with E-state index in [1.807, 2.05) is 23.9 Å². The molecule has 0 spiro atoms. The van der Waals surface area contributed by atoms with Crippen LogP contribution >= 0.6 is 11.8 Å². The molecular weight excluding hydrogens is 216 g/mol. The zero-order chi connectivity index (χ0) is 12.0. The molecule has 0 aliphatic carbocycles. The molecule has 0 saturated heterocycles. The van der Waals surface area contributed by atoms with Gasteiger partial charge in [0.2, 0.25) is 0 Å². The molecule has 0 N–H and O–H groups in total. The normalized spacial score (nSPS) is 21.2. The van der Waals surface area contributed by atoms with Crippen molar-refractivity contribution < 1.29 is 4.79 Å². The van der Waals surface area contributed by atoms with Gasteiger partial charge in [-0.25, -0.2) is 0 Å². The fourth-order valence-electron chi connectivity index (χ4n) is 2.73. The molecule has 16 heavy (non-hydrogen) atoms. The smallest absolute Gasteiger partial charge is 0.150 e. The van der Waals surface area contributed by atoms with Crippen LogP contribution in [-0.2, 0) is 5.41 Å². The molecule has 0 aromatic heterocycles. The van der Waals surface area contributed by atoms with Crippen LogP contribution in [0.15, 0.2) is 23.1 Å². The average Bonchev–Trinajstić information content (AvgIpc) is 2.14. The summed E-state index contributed by atoms with van der Waals surface area (Å²) in [5.41, 5.74) is 2.26. The highest BCUT2D eigenvalue weighted by atomic mass is 32.2. The molecule has 0 radical (unpaired) electrons. The number of carbonyl (C=O) groups is 1. The molecule has 0 amide bonds. The van der Waals surface area contributed by atoms with Crippen LogP contribution in [0.1, 0.15) is 50.0 Å². The number of aldehydes is 1. The Bertz CT molecular complexity index is 432. The average molecular weight is 234 g/mol. The molecule has 0 fully saturated rings. The minimum Gasteiger partial charge on any atom is -0.298 e. The summed E-state index contributed by atoms with van der Waals surface area (Å²) in [6, 6.07) is 6.05. The molecule has 0 bridgehead atoms. The van der Waals surface area contributed by atoms with Crippen molar-refractivity contribution in [3.05, 3.63) is 29.3 Å².